The molecule has 0 N–H and O–H groups in total. The van der Waals surface area contributed by atoms with Crippen LogP contribution in [0.4, 0.5) is 0 Å². The van der Waals surface area contributed by atoms with Gasteiger partial charge in [-0.1, -0.05) is 35.1 Å². The number of hydrogen-bond acceptors (Lipinski definition) is 3. The van der Waals surface area contributed by atoms with E-state index in [0.29, 0.717) is 5.25 Å². The molecule has 0 saturated carbocycles. The lowest BCUT2D eigenvalue weighted by molar-refractivity contribution is 0.415. The zero-order chi connectivity index (χ0) is 10.4. The maximum Gasteiger partial charge on any atom is 0.118 e. The number of methoxy groups -OCH3 is 1. The third-order valence-corrected chi connectivity index (χ3v) is 3.33. The van der Waals surface area contributed by atoms with Crippen LogP contribution in [0.3, 0.4) is 0 Å². The van der Waals surface area contributed by atoms with E-state index >= 15 is 0 Å². The lowest BCUT2D eigenvalue weighted by Crippen LogP contribution is -1.85. The Hall–Kier alpha value is -0.540. The molecule has 0 spiro atoms. The third-order valence-electron chi connectivity index (χ3n) is 1.84. The average molecular weight is 226 g/mol. The lowest BCUT2D eigenvalue weighted by atomic mass is 10.2. The van der Waals surface area contributed by atoms with E-state index in [1.165, 1.54) is 16.4 Å². The van der Waals surface area contributed by atoms with E-state index in [2.05, 4.69) is 30.7 Å². The van der Waals surface area contributed by atoms with Gasteiger partial charge in [-0.25, -0.2) is 0 Å². The van der Waals surface area contributed by atoms with Gasteiger partial charge in [-0.15, -0.1) is 11.7 Å². The number of benzene rings is 1. The number of thiol groups is 1. The average Bonchev–Trinajstić information content (AvgIpc) is 2.26. The Kier molecular flexibility index (Phi) is 4.98. The first-order valence-corrected chi connectivity index (χ1v) is 6.32. The fourth-order valence-electron chi connectivity index (χ4n) is 0.997. The van der Waals surface area contributed by atoms with Gasteiger partial charge in [-0.05, 0) is 24.6 Å². The van der Waals surface area contributed by atoms with Crippen LogP contribution in [-0.2, 0) is 0 Å². The van der Waals surface area contributed by atoms with Crippen LogP contribution in [-0.4, -0.2) is 12.4 Å². The summed E-state index contributed by atoms with van der Waals surface area (Å²) in [5.41, 5.74) is 1.18. The molecule has 1 nitrogen and oxygen atoms in total. The molecule has 1 aromatic carbocycles. The highest BCUT2D eigenvalue weighted by Crippen LogP contribution is 2.17. The molecule has 1 unspecified atom stereocenters. The van der Waals surface area contributed by atoms with Gasteiger partial charge in [-0.2, -0.15) is 0 Å². The van der Waals surface area contributed by atoms with Crippen molar-refractivity contribution < 1.29 is 4.74 Å². The van der Waals surface area contributed by atoms with Gasteiger partial charge in [0.15, 0.2) is 0 Å². The molecule has 0 amide bonds. The van der Waals surface area contributed by atoms with E-state index in [0.717, 1.165) is 5.75 Å². The summed E-state index contributed by atoms with van der Waals surface area (Å²) in [5, 5.41) is 0.431. The molecule has 0 aromatic heterocycles. The van der Waals surface area contributed by atoms with Crippen molar-refractivity contribution in [2.45, 2.75) is 12.2 Å². The van der Waals surface area contributed by atoms with Crippen LogP contribution in [0.15, 0.2) is 30.3 Å². The second-order valence-corrected chi connectivity index (χ2v) is 4.53. The van der Waals surface area contributed by atoms with Crippen molar-refractivity contribution in [3.05, 3.63) is 35.9 Å². The Balaban J connectivity index is 2.64. The molecule has 0 aliphatic rings. The van der Waals surface area contributed by atoms with Crippen molar-refractivity contribution in [3.63, 3.8) is 0 Å². The number of hydrogen-bond donors (Lipinski definition) is 1. The minimum Gasteiger partial charge on any atom is -0.497 e. The third kappa shape index (κ3) is 3.68. The highest BCUT2D eigenvalue weighted by atomic mass is 33.1. The Morgan fingerprint density at radius 3 is 2.50 bits per heavy atom. The van der Waals surface area contributed by atoms with Crippen molar-refractivity contribution in [1.29, 1.82) is 0 Å². The van der Waals surface area contributed by atoms with Crippen LogP contribution in [0, 0.1) is 0 Å². The van der Waals surface area contributed by atoms with Crippen LogP contribution in [0.2, 0.25) is 0 Å². The molecule has 0 saturated heterocycles. The summed E-state index contributed by atoms with van der Waals surface area (Å²) >= 11 is 4.14. The summed E-state index contributed by atoms with van der Waals surface area (Å²) in [6, 6.07) is 7.98. The summed E-state index contributed by atoms with van der Waals surface area (Å²) in [6.45, 7) is 2.11. The molecule has 0 aliphatic heterocycles. The Labute approximate surface area is 94.4 Å². The molecule has 3 heteroatoms. The molecule has 0 aliphatic carbocycles. The van der Waals surface area contributed by atoms with Crippen molar-refractivity contribution in [2.75, 3.05) is 7.11 Å². The topological polar surface area (TPSA) is 9.23 Å². The molecule has 0 radical (unpaired) electrons. The second-order valence-electron chi connectivity index (χ2n) is 2.94. The van der Waals surface area contributed by atoms with E-state index in [4.69, 9.17) is 4.74 Å². The summed E-state index contributed by atoms with van der Waals surface area (Å²) in [5.74, 6) is 0.888. The molecule has 0 bridgehead atoms. The predicted molar refractivity (Wildman–Crippen MR) is 68.1 cm³/mol. The molecule has 0 heterocycles. The molecule has 1 aromatic rings. The number of ether oxygens (including phenoxy) is 1. The molecule has 1 atom stereocenters. The first kappa shape index (κ1) is 11.5. The zero-order valence-electron chi connectivity index (χ0n) is 8.31. The van der Waals surface area contributed by atoms with E-state index in [-0.39, 0.29) is 0 Å². The Morgan fingerprint density at radius 2 is 2.00 bits per heavy atom. The summed E-state index contributed by atoms with van der Waals surface area (Å²) < 4.78 is 5.08. The maximum atomic E-state index is 5.08. The lowest BCUT2D eigenvalue weighted by Gasteiger charge is -2.00. The van der Waals surface area contributed by atoms with Crippen LogP contribution in [0.25, 0.3) is 6.08 Å². The SMILES string of the molecule is COc1ccc(C=CC(C)SS)cc1. The van der Waals surface area contributed by atoms with E-state index in [1.54, 1.807) is 7.11 Å². The van der Waals surface area contributed by atoms with Gasteiger partial charge in [0.05, 0.1) is 7.11 Å². The van der Waals surface area contributed by atoms with Crippen molar-refractivity contribution in [1.82, 2.24) is 0 Å². The van der Waals surface area contributed by atoms with E-state index < -0.39 is 0 Å². The van der Waals surface area contributed by atoms with Crippen molar-refractivity contribution in [3.8, 4) is 5.75 Å². The highest BCUT2D eigenvalue weighted by molar-refractivity contribution is 8.68. The normalized spacial score (nSPS) is 13.1. The fourth-order valence-corrected chi connectivity index (χ4v) is 1.36. The maximum absolute atomic E-state index is 5.08. The molecule has 0 fully saturated rings. The van der Waals surface area contributed by atoms with Crippen LogP contribution >= 0.6 is 22.5 Å². The second kappa shape index (κ2) is 6.04. The Morgan fingerprint density at radius 1 is 1.36 bits per heavy atom. The molecular formula is C11H14OS2. The van der Waals surface area contributed by atoms with E-state index in [9.17, 15) is 0 Å². The van der Waals surface area contributed by atoms with Gasteiger partial charge < -0.3 is 4.74 Å². The minimum atomic E-state index is 0.431. The van der Waals surface area contributed by atoms with Crippen molar-refractivity contribution in [2.24, 2.45) is 0 Å². The molecule has 76 valence electrons. The van der Waals surface area contributed by atoms with Gasteiger partial charge >= 0.3 is 0 Å². The standard InChI is InChI=1S/C11H14OS2/c1-9(14-13)3-4-10-5-7-11(12-2)8-6-10/h3-9,13H,1-2H3. The summed E-state index contributed by atoms with van der Waals surface area (Å²) in [6.07, 6.45) is 4.22. The smallest absolute Gasteiger partial charge is 0.118 e. The predicted octanol–water partition coefficient (Wildman–Crippen LogP) is 3.67. The zero-order valence-corrected chi connectivity index (χ0v) is 10.0. The fraction of sp³-hybridized carbons (Fsp3) is 0.273. The summed E-state index contributed by atoms with van der Waals surface area (Å²) in [4.78, 5) is 0. The quantitative estimate of drug-likeness (QED) is 0.619. The van der Waals surface area contributed by atoms with Crippen molar-refractivity contribution >= 4 is 28.5 Å². The largest absolute Gasteiger partial charge is 0.497 e. The van der Waals surface area contributed by atoms with Gasteiger partial charge in [0.2, 0.25) is 0 Å². The number of rotatable bonds is 4. The van der Waals surface area contributed by atoms with Gasteiger partial charge in [0.1, 0.15) is 5.75 Å². The van der Waals surface area contributed by atoms with Gasteiger partial charge in [0, 0.05) is 5.25 Å². The molecule has 1 rings (SSSR count). The van der Waals surface area contributed by atoms with Crippen LogP contribution < -0.4 is 4.74 Å². The highest BCUT2D eigenvalue weighted by Gasteiger charge is 1.93. The minimum absolute atomic E-state index is 0.431. The molecule has 14 heavy (non-hydrogen) atoms. The van der Waals surface area contributed by atoms with Crippen LogP contribution in [0.5, 0.6) is 5.75 Å². The summed E-state index contributed by atoms with van der Waals surface area (Å²) in [7, 11) is 3.21. The first-order valence-electron chi connectivity index (χ1n) is 4.38. The monoisotopic (exact) mass is 226 g/mol. The first-order chi connectivity index (χ1) is 6.76. The Bertz CT molecular complexity index is 293. The van der Waals surface area contributed by atoms with E-state index in [1.807, 2.05) is 24.3 Å². The molecular weight excluding hydrogens is 212 g/mol. The van der Waals surface area contributed by atoms with Crippen LogP contribution in [0.1, 0.15) is 12.5 Å². The van der Waals surface area contributed by atoms with Gasteiger partial charge in [-0.3, -0.25) is 0 Å². The van der Waals surface area contributed by atoms with Gasteiger partial charge in [0.25, 0.3) is 0 Å².